The molecule has 3 heterocycles. The Morgan fingerprint density at radius 2 is 1.30 bits per heavy atom. The minimum absolute atomic E-state index is 0.647. The lowest BCUT2D eigenvalue weighted by molar-refractivity contribution is 0.690. The van der Waals surface area contributed by atoms with Gasteiger partial charge in [-0.05, 0) is 33.5 Å². The first kappa shape index (κ1) is 26.4. The Kier molecular flexibility index (Phi) is 7.23. The van der Waals surface area contributed by atoms with Crippen molar-refractivity contribution < 1.29 is 0 Å². The number of aryl methyl sites for hydroxylation is 1. The summed E-state index contributed by atoms with van der Waals surface area (Å²) in [4.78, 5) is 5.25. The zero-order valence-electron chi connectivity index (χ0n) is 23.9. The number of H-pyrrole nitrogens is 1. The molecule has 3 aromatic heterocycles. The summed E-state index contributed by atoms with van der Waals surface area (Å²) in [6.07, 6.45) is 3.02. The smallest absolute Gasteiger partial charge is 0.180 e. The van der Waals surface area contributed by atoms with Crippen LogP contribution in [0.25, 0.3) is 56.1 Å². The number of tetrazole rings is 1. The summed E-state index contributed by atoms with van der Waals surface area (Å²) in [5.41, 5.74) is 9.89. The second kappa shape index (κ2) is 11.8. The molecule has 0 saturated heterocycles. The van der Waals surface area contributed by atoms with Gasteiger partial charge in [0, 0.05) is 29.7 Å². The predicted molar refractivity (Wildman–Crippen MR) is 169 cm³/mol. The van der Waals surface area contributed by atoms with Gasteiger partial charge in [-0.3, -0.25) is 0 Å². The van der Waals surface area contributed by atoms with E-state index in [1.54, 1.807) is 0 Å². The average molecular weight is 563 g/mol. The first-order chi connectivity index (χ1) is 21.3. The van der Waals surface area contributed by atoms with Gasteiger partial charge >= 0.3 is 0 Å². The molecule has 0 fully saturated rings. The van der Waals surface area contributed by atoms with Crippen molar-refractivity contribution in [3.8, 4) is 45.0 Å². The number of hydrogen-bond acceptors (Lipinski definition) is 6. The van der Waals surface area contributed by atoms with E-state index in [1.807, 2.05) is 54.6 Å². The van der Waals surface area contributed by atoms with Crippen molar-refractivity contribution in [1.82, 2.24) is 40.4 Å². The van der Waals surface area contributed by atoms with Crippen molar-refractivity contribution >= 4 is 11.0 Å². The Labute approximate surface area is 249 Å². The summed E-state index contributed by atoms with van der Waals surface area (Å²) in [5.74, 6) is 1.70. The number of unbranched alkanes of at least 4 members (excludes halogenated alkanes) is 1. The Hall–Kier alpha value is -5.50. The molecule has 8 nitrogen and oxygen atoms in total. The summed E-state index contributed by atoms with van der Waals surface area (Å²) in [5, 5.41) is 24.1. The lowest BCUT2D eigenvalue weighted by atomic mass is 9.98. The summed E-state index contributed by atoms with van der Waals surface area (Å²) in [6.45, 7) is 2.88. The third kappa shape index (κ3) is 5.19. The second-order valence-electron chi connectivity index (χ2n) is 10.5. The highest BCUT2D eigenvalue weighted by molar-refractivity contribution is 5.97. The fraction of sp³-hybridized carbons (Fsp3) is 0.143. The number of rotatable bonds is 9. The van der Waals surface area contributed by atoms with Crippen molar-refractivity contribution in [1.29, 1.82) is 0 Å². The maximum absolute atomic E-state index is 5.25. The van der Waals surface area contributed by atoms with E-state index in [1.165, 1.54) is 5.56 Å². The van der Waals surface area contributed by atoms with Crippen LogP contribution in [0.2, 0.25) is 0 Å². The molecule has 0 amide bonds. The monoisotopic (exact) mass is 562 g/mol. The van der Waals surface area contributed by atoms with Gasteiger partial charge in [-0.2, -0.15) is 0 Å². The molecule has 4 aromatic carbocycles. The zero-order valence-corrected chi connectivity index (χ0v) is 23.9. The summed E-state index contributed by atoms with van der Waals surface area (Å²) in [6, 6.07) is 37.3. The van der Waals surface area contributed by atoms with Crippen LogP contribution in [0, 0.1) is 0 Å². The number of imidazole rings is 1. The van der Waals surface area contributed by atoms with Gasteiger partial charge in [-0.1, -0.05) is 123 Å². The Bertz CT molecular complexity index is 1960. The van der Waals surface area contributed by atoms with E-state index in [-0.39, 0.29) is 0 Å². The number of benzene rings is 4. The molecule has 210 valence electrons. The SMILES string of the molecule is CCCCc1nc2c(-c3ccccc3)nnc(-c3ccccc3)c2n1Cc1ccc(-c2ccccc2-c2nnn[nH]2)cc1. The minimum atomic E-state index is 0.647. The van der Waals surface area contributed by atoms with Gasteiger partial charge in [0.25, 0.3) is 0 Å². The highest BCUT2D eigenvalue weighted by atomic mass is 15.5. The normalized spacial score (nSPS) is 11.3. The van der Waals surface area contributed by atoms with Gasteiger partial charge in [0.2, 0.25) is 0 Å². The van der Waals surface area contributed by atoms with E-state index in [0.29, 0.717) is 12.4 Å². The van der Waals surface area contributed by atoms with Gasteiger partial charge in [-0.25, -0.2) is 10.1 Å². The summed E-state index contributed by atoms with van der Waals surface area (Å²) >= 11 is 0. The number of aromatic amines is 1. The van der Waals surface area contributed by atoms with Crippen molar-refractivity contribution in [3.05, 3.63) is 121 Å². The molecule has 0 saturated carbocycles. The molecule has 7 rings (SSSR count). The van der Waals surface area contributed by atoms with E-state index >= 15 is 0 Å². The van der Waals surface area contributed by atoms with E-state index in [4.69, 9.17) is 15.2 Å². The molecule has 7 aromatic rings. The van der Waals surface area contributed by atoms with Crippen LogP contribution in [-0.2, 0) is 13.0 Å². The maximum atomic E-state index is 5.25. The minimum Gasteiger partial charge on any atom is -0.322 e. The first-order valence-corrected chi connectivity index (χ1v) is 14.6. The van der Waals surface area contributed by atoms with Crippen molar-refractivity contribution in [3.63, 3.8) is 0 Å². The van der Waals surface area contributed by atoms with Gasteiger partial charge in [0.1, 0.15) is 22.7 Å². The molecule has 0 aliphatic carbocycles. The molecular weight excluding hydrogens is 532 g/mol. The molecular formula is C35H30N8. The largest absolute Gasteiger partial charge is 0.322 e. The Morgan fingerprint density at radius 3 is 1.98 bits per heavy atom. The summed E-state index contributed by atoms with van der Waals surface area (Å²) in [7, 11) is 0. The molecule has 43 heavy (non-hydrogen) atoms. The van der Waals surface area contributed by atoms with Crippen LogP contribution >= 0.6 is 0 Å². The molecule has 0 atom stereocenters. The Balaban J connectivity index is 1.35. The number of nitrogens with zero attached hydrogens (tertiary/aromatic N) is 7. The fourth-order valence-corrected chi connectivity index (χ4v) is 5.56. The third-order valence-electron chi connectivity index (χ3n) is 7.73. The lowest BCUT2D eigenvalue weighted by Crippen LogP contribution is -2.07. The van der Waals surface area contributed by atoms with Gasteiger partial charge in [0.15, 0.2) is 5.82 Å². The topological polar surface area (TPSA) is 98.1 Å². The molecule has 0 aliphatic heterocycles. The standard InChI is InChI=1S/C35H30N8/c1-2-3-18-30-36-33-31(26-12-6-4-7-13-26)37-38-32(27-14-8-5-9-15-27)34(33)43(30)23-24-19-21-25(22-20-24)28-16-10-11-17-29(28)35-39-41-42-40-35/h4-17,19-22H,2-3,18,23H2,1H3,(H,39,40,41,42). The molecule has 0 bridgehead atoms. The van der Waals surface area contributed by atoms with Gasteiger partial charge in [0.05, 0.1) is 5.52 Å². The van der Waals surface area contributed by atoms with Crippen LogP contribution in [0.5, 0.6) is 0 Å². The van der Waals surface area contributed by atoms with Crippen molar-refractivity contribution in [2.24, 2.45) is 0 Å². The number of nitrogens with one attached hydrogen (secondary N) is 1. The van der Waals surface area contributed by atoms with Crippen molar-refractivity contribution in [2.75, 3.05) is 0 Å². The molecule has 8 heteroatoms. The summed E-state index contributed by atoms with van der Waals surface area (Å²) < 4.78 is 2.34. The molecule has 0 unspecified atom stereocenters. The molecule has 0 aliphatic rings. The predicted octanol–water partition coefficient (Wildman–Crippen LogP) is 7.40. The van der Waals surface area contributed by atoms with Crippen molar-refractivity contribution in [2.45, 2.75) is 32.7 Å². The van der Waals surface area contributed by atoms with E-state index in [0.717, 1.165) is 75.3 Å². The van der Waals surface area contributed by atoms with E-state index < -0.39 is 0 Å². The van der Waals surface area contributed by atoms with E-state index in [2.05, 4.69) is 86.7 Å². The highest BCUT2D eigenvalue weighted by Crippen LogP contribution is 2.34. The van der Waals surface area contributed by atoms with Gasteiger partial charge < -0.3 is 4.57 Å². The number of fused-ring (bicyclic) bond motifs is 1. The maximum Gasteiger partial charge on any atom is 0.180 e. The number of aromatic nitrogens is 8. The van der Waals surface area contributed by atoms with Crippen LogP contribution in [0.3, 0.4) is 0 Å². The zero-order chi connectivity index (χ0) is 29.0. The Morgan fingerprint density at radius 1 is 0.651 bits per heavy atom. The first-order valence-electron chi connectivity index (χ1n) is 14.6. The lowest BCUT2D eigenvalue weighted by Gasteiger charge is -2.13. The van der Waals surface area contributed by atoms with Crippen LogP contribution in [0.4, 0.5) is 0 Å². The average Bonchev–Trinajstić information content (AvgIpc) is 3.74. The fourth-order valence-electron chi connectivity index (χ4n) is 5.56. The van der Waals surface area contributed by atoms with Crippen LogP contribution in [0.15, 0.2) is 109 Å². The molecule has 0 spiro atoms. The van der Waals surface area contributed by atoms with E-state index in [9.17, 15) is 0 Å². The molecule has 1 N–H and O–H groups in total. The quantitative estimate of drug-likeness (QED) is 0.197. The van der Waals surface area contributed by atoms with Crippen LogP contribution < -0.4 is 0 Å². The van der Waals surface area contributed by atoms with Crippen LogP contribution in [0.1, 0.15) is 31.2 Å². The second-order valence-corrected chi connectivity index (χ2v) is 10.5. The molecule has 0 radical (unpaired) electrons. The third-order valence-corrected chi connectivity index (χ3v) is 7.73. The van der Waals surface area contributed by atoms with Crippen LogP contribution in [-0.4, -0.2) is 40.4 Å². The number of hydrogen-bond donors (Lipinski definition) is 1. The highest BCUT2D eigenvalue weighted by Gasteiger charge is 2.22. The van der Waals surface area contributed by atoms with Gasteiger partial charge in [-0.15, -0.1) is 15.3 Å².